The lowest BCUT2D eigenvalue weighted by molar-refractivity contribution is 0.588. The molecular formula is C18H17BrN2O2S. The summed E-state index contributed by atoms with van der Waals surface area (Å²) in [6.45, 7) is 1.74. The molecule has 1 aromatic carbocycles. The average Bonchev–Trinajstić information content (AvgIpc) is 2.53. The molecule has 2 heterocycles. The van der Waals surface area contributed by atoms with Crippen molar-refractivity contribution in [1.82, 2.24) is 9.97 Å². The van der Waals surface area contributed by atoms with E-state index in [1.165, 1.54) is 6.26 Å². The van der Waals surface area contributed by atoms with E-state index in [4.69, 9.17) is 0 Å². The summed E-state index contributed by atoms with van der Waals surface area (Å²) in [6, 6.07) is 9.89. The molecule has 24 heavy (non-hydrogen) atoms. The fourth-order valence-corrected chi connectivity index (χ4v) is 3.49. The van der Waals surface area contributed by atoms with E-state index < -0.39 is 15.1 Å². The van der Waals surface area contributed by atoms with E-state index in [0.29, 0.717) is 6.42 Å². The van der Waals surface area contributed by atoms with Crippen molar-refractivity contribution in [3.8, 4) is 11.1 Å². The van der Waals surface area contributed by atoms with Gasteiger partial charge in [-0.05, 0) is 59.1 Å². The maximum Gasteiger partial charge on any atom is 0.150 e. The summed E-state index contributed by atoms with van der Waals surface area (Å²) in [5, 5.41) is 0.561. The Morgan fingerprint density at radius 2 is 2.00 bits per heavy atom. The van der Waals surface area contributed by atoms with Gasteiger partial charge in [-0.25, -0.2) is 8.42 Å². The van der Waals surface area contributed by atoms with Crippen molar-refractivity contribution < 1.29 is 8.42 Å². The first-order valence-corrected chi connectivity index (χ1v) is 10.3. The van der Waals surface area contributed by atoms with Crippen molar-refractivity contribution in [3.63, 3.8) is 0 Å². The maximum atomic E-state index is 11.8. The molecule has 124 valence electrons. The molecule has 0 saturated carbocycles. The van der Waals surface area contributed by atoms with E-state index >= 15 is 0 Å². The van der Waals surface area contributed by atoms with Gasteiger partial charge in [-0.1, -0.05) is 6.07 Å². The van der Waals surface area contributed by atoms with Crippen molar-refractivity contribution in [1.29, 1.82) is 0 Å². The van der Waals surface area contributed by atoms with E-state index in [9.17, 15) is 8.42 Å². The summed E-state index contributed by atoms with van der Waals surface area (Å²) in [5.74, 6) is 0. The van der Waals surface area contributed by atoms with Crippen LogP contribution in [0.5, 0.6) is 0 Å². The van der Waals surface area contributed by atoms with Crippen LogP contribution in [0, 0.1) is 0 Å². The molecule has 0 N–H and O–H groups in total. The van der Waals surface area contributed by atoms with Crippen molar-refractivity contribution in [2.45, 2.75) is 18.6 Å². The number of pyridine rings is 2. The lowest BCUT2D eigenvalue weighted by Crippen LogP contribution is -2.18. The Morgan fingerprint density at radius 1 is 1.21 bits per heavy atom. The summed E-state index contributed by atoms with van der Waals surface area (Å²) in [5.41, 5.74) is 3.76. The van der Waals surface area contributed by atoms with Gasteiger partial charge in [0.1, 0.15) is 9.84 Å². The fourth-order valence-electron chi connectivity index (χ4n) is 2.63. The predicted molar refractivity (Wildman–Crippen MR) is 101 cm³/mol. The molecule has 0 aliphatic carbocycles. The first kappa shape index (κ1) is 17.0. The standard InChI is InChI=1S/C18H17BrN2O2S/c1-12(24(2,22)23)6-13-7-14-4-3-5-21-18(14)17(8-13)15-9-16(19)11-20-10-15/h3-5,7-12H,6H2,1-2H3. The molecule has 6 heteroatoms. The molecule has 2 aromatic heterocycles. The topological polar surface area (TPSA) is 59.9 Å². The highest BCUT2D eigenvalue weighted by Crippen LogP contribution is 2.30. The molecule has 0 aliphatic rings. The van der Waals surface area contributed by atoms with Crippen LogP contribution in [-0.2, 0) is 16.3 Å². The third-order valence-electron chi connectivity index (χ3n) is 4.03. The van der Waals surface area contributed by atoms with E-state index in [1.54, 1.807) is 25.5 Å². The molecule has 1 atom stereocenters. The van der Waals surface area contributed by atoms with Crippen molar-refractivity contribution >= 4 is 36.7 Å². The van der Waals surface area contributed by atoms with Crippen LogP contribution in [0.4, 0.5) is 0 Å². The van der Waals surface area contributed by atoms with Gasteiger partial charge in [0.25, 0.3) is 0 Å². The second-order valence-corrected chi connectivity index (χ2v) is 9.33. The van der Waals surface area contributed by atoms with Gasteiger partial charge in [-0.3, -0.25) is 9.97 Å². The van der Waals surface area contributed by atoms with Crippen LogP contribution in [0.25, 0.3) is 22.0 Å². The molecule has 0 fully saturated rings. The Kier molecular flexibility index (Phi) is 4.69. The second-order valence-electron chi connectivity index (χ2n) is 5.95. The van der Waals surface area contributed by atoms with Gasteiger partial charge in [0, 0.05) is 45.8 Å². The van der Waals surface area contributed by atoms with Gasteiger partial charge in [0.15, 0.2) is 0 Å². The molecule has 0 amide bonds. The molecule has 0 aliphatic heterocycles. The number of fused-ring (bicyclic) bond motifs is 1. The van der Waals surface area contributed by atoms with Gasteiger partial charge in [0.05, 0.1) is 10.8 Å². The molecule has 4 nitrogen and oxygen atoms in total. The average molecular weight is 405 g/mol. The first-order chi connectivity index (χ1) is 11.3. The zero-order chi connectivity index (χ0) is 17.3. The number of sulfone groups is 1. The summed E-state index contributed by atoms with van der Waals surface area (Å²) in [7, 11) is -3.07. The number of hydrogen-bond acceptors (Lipinski definition) is 4. The van der Waals surface area contributed by atoms with Gasteiger partial charge >= 0.3 is 0 Å². The molecule has 3 rings (SSSR count). The summed E-state index contributed by atoms with van der Waals surface area (Å²) < 4.78 is 24.4. The van der Waals surface area contributed by atoms with Gasteiger partial charge in [0.2, 0.25) is 0 Å². The Labute approximate surface area is 150 Å². The minimum Gasteiger partial charge on any atom is -0.263 e. The number of aromatic nitrogens is 2. The number of benzene rings is 1. The molecule has 0 saturated heterocycles. The van der Waals surface area contributed by atoms with E-state index in [-0.39, 0.29) is 0 Å². The van der Waals surface area contributed by atoms with Crippen LogP contribution in [0.2, 0.25) is 0 Å². The van der Waals surface area contributed by atoms with Gasteiger partial charge < -0.3 is 0 Å². The van der Waals surface area contributed by atoms with Crippen molar-refractivity contribution in [2.24, 2.45) is 0 Å². The van der Waals surface area contributed by atoms with Crippen molar-refractivity contribution in [3.05, 3.63) is 59.0 Å². The number of nitrogens with zero attached hydrogens (tertiary/aromatic N) is 2. The lowest BCUT2D eigenvalue weighted by atomic mass is 9.98. The van der Waals surface area contributed by atoms with Crippen LogP contribution in [0.15, 0.2) is 53.4 Å². The first-order valence-electron chi connectivity index (χ1n) is 7.52. The third-order valence-corrected chi connectivity index (χ3v) is 6.10. The normalized spacial score (nSPS) is 13.1. The Hall–Kier alpha value is -1.79. The van der Waals surface area contributed by atoms with Crippen LogP contribution in [-0.4, -0.2) is 29.9 Å². The minimum absolute atomic E-state index is 0.430. The van der Waals surface area contributed by atoms with E-state index in [2.05, 4.69) is 25.9 Å². The molecule has 0 radical (unpaired) electrons. The minimum atomic E-state index is -3.07. The van der Waals surface area contributed by atoms with Gasteiger partial charge in [-0.2, -0.15) is 0 Å². The summed E-state index contributed by atoms with van der Waals surface area (Å²) >= 11 is 3.45. The number of hydrogen-bond donors (Lipinski definition) is 0. The fraction of sp³-hybridized carbons (Fsp3) is 0.222. The zero-order valence-corrected chi connectivity index (χ0v) is 15.8. The Bertz CT molecular complexity index is 1000. The molecule has 1 unspecified atom stereocenters. The Morgan fingerprint density at radius 3 is 2.71 bits per heavy atom. The van der Waals surface area contributed by atoms with Gasteiger partial charge in [-0.15, -0.1) is 0 Å². The molecule has 0 bridgehead atoms. The number of rotatable bonds is 4. The SMILES string of the molecule is CC(Cc1cc(-c2cncc(Br)c2)c2ncccc2c1)S(C)(=O)=O. The zero-order valence-electron chi connectivity index (χ0n) is 13.4. The Balaban J connectivity index is 2.17. The number of halogens is 1. The quantitative estimate of drug-likeness (QED) is 0.658. The highest BCUT2D eigenvalue weighted by molar-refractivity contribution is 9.10. The van der Waals surface area contributed by atoms with Crippen LogP contribution in [0.1, 0.15) is 12.5 Å². The smallest absolute Gasteiger partial charge is 0.150 e. The van der Waals surface area contributed by atoms with Crippen LogP contribution >= 0.6 is 15.9 Å². The predicted octanol–water partition coefficient (Wildman–Crippen LogP) is 4.03. The highest BCUT2D eigenvalue weighted by atomic mass is 79.9. The highest BCUT2D eigenvalue weighted by Gasteiger charge is 2.17. The van der Waals surface area contributed by atoms with E-state index in [1.807, 2.05) is 30.3 Å². The molecule has 0 spiro atoms. The van der Waals surface area contributed by atoms with Crippen LogP contribution < -0.4 is 0 Å². The largest absolute Gasteiger partial charge is 0.263 e. The molecule has 3 aromatic rings. The summed E-state index contributed by atoms with van der Waals surface area (Å²) in [6.07, 6.45) is 7.03. The second kappa shape index (κ2) is 6.61. The summed E-state index contributed by atoms with van der Waals surface area (Å²) in [4.78, 5) is 8.72. The van der Waals surface area contributed by atoms with Crippen LogP contribution in [0.3, 0.4) is 0 Å². The van der Waals surface area contributed by atoms with E-state index in [0.717, 1.165) is 32.1 Å². The third kappa shape index (κ3) is 3.65. The monoisotopic (exact) mass is 404 g/mol. The maximum absolute atomic E-state index is 11.8. The van der Waals surface area contributed by atoms with Crippen molar-refractivity contribution in [2.75, 3.05) is 6.26 Å². The lowest BCUT2D eigenvalue weighted by Gasteiger charge is -2.13. The molecular weight excluding hydrogens is 388 g/mol.